The Bertz CT molecular complexity index is 569. The standard InChI is InChI=1S/C20H30ClN3O2/c1-2-24(18-9-13-26-14-10-18)20(25)22-15-19(23-11-3-4-12-23)16-5-7-17(21)8-6-16/h5-8,18-19H,2-4,9-15H2,1H3,(H,22,25)/t19-/m1/s1. The molecule has 0 saturated carbocycles. The van der Waals surface area contributed by atoms with Crippen LogP contribution < -0.4 is 5.32 Å². The van der Waals surface area contributed by atoms with E-state index in [0.717, 1.165) is 50.7 Å². The van der Waals surface area contributed by atoms with E-state index in [9.17, 15) is 4.79 Å². The zero-order chi connectivity index (χ0) is 18.4. The fourth-order valence-electron chi connectivity index (χ4n) is 4.05. The van der Waals surface area contributed by atoms with E-state index in [-0.39, 0.29) is 18.1 Å². The zero-order valence-corrected chi connectivity index (χ0v) is 16.4. The van der Waals surface area contributed by atoms with Gasteiger partial charge in [0.15, 0.2) is 0 Å². The van der Waals surface area contributed by atoms with Gasteiger partial charge >= 0.3 is 6.03 Å². The summed E-state index contributed by atoms with van der Waals surface area (Å²) in [7, 11) is 0. The number of likely N-dealkylation sites (tertiary alicyclic amines) is 1. The lowest BCUT2D eigenvalue weighted by Gasteiger charge is -2.35. The van der Waals surface area contributed by atoms with Crippen LogP contribution in [0.1, 0.15) is 44.2 Å². The molecule has 0 aliphatic carbocycles. The number of hydrogen-bond donors (Lipinski definition) is 1. The first-order chi connectivity index (χ1) is 12.7. The maximum atomic E-state index is 12.8. The summed E-state index contributed by atoms with van der Waals surface area (Å²) in [6.07, 6.45) is 4.30. The predicted molar refractivity (Wildman–Crippen MR) is 105 cm³/mol. The van der Waals surface area contributed by atoms with Crippen molar-refractivity contribution in [2.45, 2.75) is 44.7 Å². The second kappa shape index (κ2) is 9.58. The Balaban J connectivity index is 1.64. The van der Waals surface area contributed by atoms with E-state index in [4.69, 9.17) is 16.3 Å². The van der Waals surface area contributed by atoms with Crippen molar-refractivity contribution in [1.82, 2.24) is 15.1 Å². The van der Waals surface area contributed by atoms with Gasteiger partial charge in [-0.15, -0.1) is 0 Å². The highest BCUT2D eigenvalue weighted by atomic mass is 35.5. The summed E-state index contributed by atoms with van der Waals surface area (Å²) in [5, 5.41) is 3.94. The van der Waals surface area contributed by atoms with Gasteiger partial charge in [0.05, 0.1) is 6.04 Å². The third-order valence-electron chi connectivity index (χ3n) is 5.52. The minimum absolute atomic E-state index is 0.0394. The van der Waals surface area contributed by atoms with Gasteiger partial charge in [-0.25, -0.2) is 4.79 Å². The molecule has 2 fully saturated rings. The first-order valence-electron chi connectivity index (χ1n) is 9.80. The molecule has 3 rings (SSSR count). The molecule has 5 nitrogen and oxygen atoms in total. The third-order valence-corrected chi connectivity index (χ3v) is 5.77. The van der Waals surface area contributed by atoms with E-state index in [1.165, 1.54) is 18.4 Å². The van der Waals surface area contributed by atoms with Crippen LogP contribution in [0.5, 0.6) is 0 Å². The minimum atomic E-state index is 0.0394. The summed E-state index contributed by atoms with van der Waals surface area (Å²) < 4.78 is 5.43. The highest BCUT2D eigenvalue weighted by molar-refractivity contribution is 6.30. The monoisotopic (exact) mass is 379 g/mol. The average molecular weight is 380 g/mol. The Hall–Kier alpha value is -1.30. The molecule has 0 spiro atoms. The molecule has 144 valence electrons. The topological polar surface area (TPSA) is 44.8 Å². The van der Waals surface area contributed by atoms with Gasteiger partial charge in [-0.1, -0.05) is 23.7 Å². The number of ether oxygens (including phenoxy) is 1. The molecule has 26 heavy (non-hydrogen) atoms. The second-order valence-corrected chi connectivity index (χ2v) is 7.56. The molecule has 1 atom stereocenters. The molecule has 0 radical (unpaired) electrons. The minimum Gasteiger partial charge on any atom is -0.381 e. The van der Waals surface area contributed by atoms with Gasteiger partial charge in [0, 0.05) is 37.4 Å². The summed E-state index contributed by atoms with van der Waals surface area (Å²) in [5.41, 5.74) is 1.21. The summed E-state index contributed by atoms with van der Waals surface area (Å²) in [5.74, 6) is 0. The van der Waals surface area contributed by atoms with Crippen LogP contribution in [0.2, 0.25) is 5.02 Å². The van der Waals surface area contributed by atoms with Crippen LogP contribution in [-0.4, -0.2) is 61.3 Å². The van der Waals surface area contributed by atoms with Crippen LogP contribution in [0.3, 0.4) is 0 Å². The Kier molecular flexibility index (Phi) is 7.17. The molecule has 1 aromatic rings. The van der Waals surface area contributed by atoms with Crippen molar-refractivity contribution in [2.75, 3.05) is 39.4 Å². The summed E-state index contributed by atoms with van der Waals surface area (Å²) in [4.78, 5) is 17.2. The van der Waals surface area contributed by atoms with E-state index in [2.05, 4.69) is 22.3 Å². The molecule has 6 heteroatoms. The van der Waals surface area contributed by atoms with Crippen molar-refractivity contribution in [3.05, 3.63) is 34.9 Å². The number of carbonyl (C=O) groups is 1. The number of halogens is 1. The first-order valence-corrected chi connectivity index (χ1v) is 10.2. The first kappa shape index (κ1) is 19.5. The van der Waals surface area contributed by atoms with Crippen LogP contribution in [0, 0.1) is 0 Å². The van der Waals surface area contributed by atoms with E-state index in [1.54, 1.807) is 0 Å². The molecular weight excluding hydrogens is 350 g/mol. The third kappa shape index (κ3) is 4.90. The molecule has 0 aromatic heterocycles. The Labute approximate surface area is 161 Å². The van der Waals surface area contributed by atoms with Gasteiger partial charge in [0.25, 0.3) is 0 Å². The Morgan fingerprint density at radius 1 is 1.27 bits per heavy atom. The molecule has 1 aromatic carbocycles. The fourth-order valence-corrected chi connectivity index (χ4v) is 4.17. The fraction of sp³-hybridized carbons (Fsp3) is 0.650. The van der Waals surface area contributed by atoms with Crippen molar-refractivity contribution in [3.63, 3.8) is 0 Å². The molecule has 1 N–H and O–H groups in total. The maximum Gasteiger partial charge on any atom is 0.317 e. The Morgan fingerprint density at radius 3 is 2.54 bits per heavy atom. The van der Waals surface area contributed by atoms with Gasteiger partial charge in [-0.3, -0.25) is 4.90 Å². The number of nitrogens with one attached hydrogen (secondary N) is 1. The second-order valence-electron chi connectivity index (χ2n) is 7.13. The molecule has 0 unspecified atom stereocenters. The van der Waals surface area contributed by atoms with Gasteiger partial charge in [-0.2, -0.15) is 0 Å². The van der Waals surface area contributed by atoms with Gasteiger partial charge < -0.3 is 15.0 Å². The number of benzene rings is 1. The largest absolute Gasteiger partial charge is 0.381 e. The highest BCUT2D eigenvalue weighted by Gasteiger charge is 2.27. The average Bonchev–Trinajstić information content (AvgIpc) is 3.19. The van der Waals surface area contributed by atoms with Crippen molar-refractivity contribution in [2.24, 2.45) is 0 Å². The van der Waals surface area contributed by atoms with E-state index >= 15 is 0 Å². The summed E-state index contributed by atoms with van der Waals surface area (Å²) >= 11 is 6.05. The molecular formula is C20H30ClN3O2. The number of rotatable bonds is 6. The van der Waals surface area contributed by atoms with E-state index in [1.807, 2.05) is 24.0 Å². The number of nitrogens with zero attached hydrogens (tertiary/aromatic N) is 2. The summed E-state index contributed by atoms with van der Waals surface area (Å²) in [6, 6.07) is 8.55. The van der Waals surface area contributed by atoms with Gasteiger partial charge in [-0.05, 0) is 63.4 Å². The Morgan fingerprint density at radius 2 is 1.92 bits per heavy atom. The normalized spacial score (nSPS) is 20.1. The SMILES string of the molecule is CCN(C(=O)NC[C@H](c1ccc(Cl)cc1)N1CCCC1)C1CCOCC1. The van der Waals surface area contributed by atoms with Crippen molar-refractivity contribution in [3.8, 4) is 0 Å². The molecule has 2 saturated heterocycles. The number of urea groups is 1. The highest BCUT2D eigenvalue weighted by Crippen LogP contribution is 2.26. The van der Waals surface area contributed by atoms with Gasteiger partial charge in [0.1, 0.15) is 0 Å². The lowest BCUT2D eigenvalue weighted by Crippen LogP contribution is -2.49. The lowest BCUT2D eigenvalue weighted by atomic mass is 10.1. The molecule has 2 aliphatic heterocycles. The molecule has 2 aliphatic rings. The molecule has 0 bridgehead atoms. The zero-order valence-electron chi connectivity index (χ0n) is 15.6. The van der Waals surface area contributed by atoms with Crippen LogP contribution >= 0.6 is 11.6 Å². The van der Waals surface area contributed by atoms with Crippen LogP contribution in [0.15, 0.2) is 24.3 Å². The maximum absolute atomic E-state index is 12.8. The van der Waals surface area contributed by atoms with Crippen LogP contribution in [0.4, 0.5) is 4.79 Å². The van der Waals surface area contributed by atoms with Crippen molar-refractivity contribution >= 4 is 17.6 Å². The quantitative estimate of drug-likeness (QED) is 0.819. The van der Waals surface area contributed by atoms with Crippen molar-refractivity contribution in [1.29, 1.82) is 0 Å². The number of amides is 2. The predicted octanol–water partition coefficient (Wildman–Crippen LogP) is 3.69. The van der Waals surface area contributed by atoms with E-state index in [0.29, 0.717) is 6.54 Å². The summed E-state index contributed by atoms with van der Waals surface area (Å²) in [6.45, 7) is 7.06. The van der Waals surface area contributed by atoms with Crippen molar-refractivity contribution < 1.29 is 9.53 Å². The van der Waals surface area contributed by atoms with E-state index < -0.39 is 0 Å². The van der Waals surface area contributed by atoms with Crippen LogP contribution in [0.25, 0.3) is 0 Å². The lowest BCUT2D eigenvalue weighted by molar-refractivity contribution is 0.0470. The molecule has 2 amide bonds. The molecule has 2 heterocycles. The van der Waals surface area contributed by atoms with Gasteiger partial charge in [0.2, 0.25) is 0 Å². The van der Waals surface area contributed by atoms with Crippen LogP contribution in [-0.2, 0) is 4.74 Å². The number of carbonyl (C=O) groups excluding carboxylic acids is 1. The number of hydrogen-bond acceptors (Lipinski definition) is 3. The smallest absolute Gasteiger partial charge is 0.317 e.